The van der Waals surface area contributed by atoms with E-state index >= 15 is 0 Å². The Hall–Kier alpha value is -2.18. The zero-order valence-electron chi connectivity index (χ0n) is 12.2. The van der Waals surface area contributed by atoms with Crippen LogP contribution in [-0.4, -0.2) is 34.1 Å². The summed E-state index contributed by atoms with van der Waals surface area (Å²) >= 11 is 0. The summed E-state index contributed by atoms with van der Waals surface area (Å²) in [5.41, 5.74) is -0.235. The smallest absolute Gasteiger partial charge is 0.337 e. The SMILES string of the molecule is CCC1(CC)CCN(c2ncc(C(=O)O)cc2[N+](=O)[O-])C1. The Kier molecular flexibility index (Phi) is 4.11. The van der Waals surface area contributed by atoms with Crippen LogP contribution in [-0.2, 0) is 0 Å². The van der Waals surface area contributed by atoms with Gasteiger partial charge in [-0.05, 0) is 24.7 Å². The predicted octanol–water partition coefficient (Wildman–Crippen LogP) is 2.70. The molecule has 7 heteroatoms. The van der Waals surface area contributed by atoms with Gasteiger partial charge in [0.15, 0.2) is 0 Å². The highest BCUT2D eigenvalue weighted by molar-refractivity contribution is 5.88. The lowest BCUT2D eigenvalue weighted by molar-refractivity contribution is -0.384. The average Bonchev–Trinajstić information content (AvgIpc) is 2.91. The zero-order chi connectivity index (χ0) is 15.6. The van der Waals surface area contributed by atoms with Crippen molar-refractivity contribution in [2.45, 2.75) is 33.1 Å². The number of carboxylic acid groups (broad SMARTS) is 1. The zero-order valence-corrected chi connectivity index (χ0v) is 12.2. The summed E-state index contributed by atoms with van der Waals surface area (Å²) in [5.74, 6) is -0.941. The molecule has 0 aromatic carbocycles. The first-order valence-corrected chi connectivity index (χ1v) is 7.05. The topological polar surface area (TPSA) is 96.6 Å². The molecule has 114 valence electrons. The normalized spacial score (nSPS) is 17.0. The van der Waals surface area contributed by atoms with Crippen LogP contribution in [0, 0.1) is 15.5 Å². The van der Waals surface area contributed by atoms with Gasteiger partial charge in [-0.15, -0.1) is 0 Å². The first-order valence-electron chi connectivity index (χ1n) is 7.05. The van der Waals surface area contributed by atoms with Gasteiger partial charge < -0.3 is 10.0 Å². The van der Waals surface area contributed by atoms with Gasteiger partial charge in [-0.1, -0.05) is 13.8 Å². The predicted molar refractivity (Wildman–Crippen MR) is 77.7 cm³/mol. The second kappa shape index (κ2) is 5.67. The molecule has 2 heterocycles. The second-order valence-corrected chi connectivity index (χ2v) is 5.51. The number of aromatic carboxylic acids is 1. The molecular weight excluding hydrogens is 274 g/mol. The van der Waals surface area contributed by atoms with E-state index < -0.39 is 10.9 Å². The Balaban J connectivity index is 2.36. The standard InChI is InChI=1S/C14H19N3O4/c1-3-14(4-2)5-6-16(9-14)12-11(17(20)21)7-10(8-15-12)13(18)19/h7-8H,3-6,9H2,1-2H3,(H,18,19). The number of pyridine rings is 1. The molecule has 0 bridgehead atoms. The van der Waals surface area contributed by atoms with Crippen molar-refractivity contribution in [1.29, 1.82) is 0 Å². The largest absolute Gasteiger partial charge is 0.478 e. The highest BCUT2D eigenvalue weighted by atomic mass is 16.6. The summed E-state index contributed by atoms with van der Waals surface area (Å²) in [4.78, 5) is 27.5. The second-order valence-electron chi connectivity index (χ2n) is 5.51. The maximum absolute atomic E-state index is 11.2. The number of hydrogen-bond acceptors (Lipinski definition) is 5. The molecule has 1 N–H and O–H groups in total. The van der Waals surface area contributed by atoms with Crippen LogP contribution in [0.4, 0.5) is 11.5 Å². The van der Waals surface area contributed by atoms with Gasteiger partial charge in [0.2, 0.25) is 5.82 Å². The number of aromatic nitrogens is 1. The minimum Gasteiger partial charge on any atom is -0.478 e. The number of rotatable bonds is 5. The minimum absolute atomic E-state index is 0.165. The van der Waals surface area contributed by atoms with Crippen LogP contribution in [0.15, 0.2) is 12.3 Å². The van der Waals surface area contributed by atoms with Crippen molar-refractivity contribution < 1.29 is 14.8 Å². The van der Waals surface area contributed by atoms with Crippen LogP contribution in [0.2, 0.25) is 0 Å². The van der Waals surface area contributed by atoms with Crippen molar-refractivity contribution in [3.8, 4) is 0 Å². The number of anilines is 1. The third-order valence-electron chi connectivity index (χ3n) is 4.53. The molecule has 1 aromatic rings. The summed E-state index contributed by atoms with van der Waals surface area (Å²) in [6.07, 6.45) is 4.18. The van der Waals surface area contributed by atoms with Gasteiger partial charge in [0, 0.05) is 25.4 Å². The summed E-state index contributed by atoms with van der Waals surface area (Å²) < 4.78 is 0. The quantitative estimate of drug-likeness (QED) is 0.662. The molecule has 0 radical (unpaired) electrons. The number of nitrogens with zero attached hydrogens (tertiary/aromatic N) is 3. The van der Waals surface area contributed by atoms with E-state index in [2.05, 4.69) is 18.8 Å². The fraction of sp³-hybridized carbons (Fsp3) is 0.571. The molecule has 0 saturated carbocycles. The van der Waals surface area contributed by atoms with Crippen LogP contribution < -0.4 is 4.90 Å². The molecule has 2 rings (SSSR count). The number of carbonyl (C=O) groups is 1. The van der Waals surface area contributed by atoms with E-state index in [0.717, 1.165) is 31.9 Å². The van der Waals surface area contributed by atoms with Crippen molar-refractivity contribution in [3.63, 3.8) is 0 Å². The molecule has 1 aliphatic heterocycles. The van der Waals surface area contributed by atoms with E-state index in [1.165, 1.54) is 6.20 Å². The Morgan fingerprint density at radius 2 is 2.19 bits per heavy atom. The summed E-state index contributed by atoms with van der Waals surface area (Å²) in [6, 6.07) is 1.09. The lowest BCUT2D eigenvalue weighted by atomic mass is 9.82. The van der Waals surface area contributed by atoms with Crippen LogP contribution in [0.25, 0.3) is 0 Å². The summed E-state index contributed by atoms with van der Waals surface area (Å²) in [7, 11) is 0. The minimum atomic E-state index is -1.21. The fourth-order valence-electron chi connectivity index (χ4n) is 2.88. The molecule has 0 unspecified atom stereocenters. The van der Waals surface area contributed by atoms with Crippen LogP contribution in [0.3, 0.4) is 0 Å². The van der Waals surface area contributed by atoms with Crippen molar-refractivity contribution in [2.24, 2.45) is 5.41 Å². The number of hydrogen-bond donors (Lipinski definition) is 1. The van der Waals surface area contributed by atoms with E-state index in [1.807, 2.05) is 4.90 Å². The number of carboxylic acids is 1. The van der Waals surface area contributed by atoms with E-state index in [-0.39, 0.29) is 22.5 Å². The molecule has 1 aromatic heterocycles. The average molecular weight is 293 g/mol. The lowest BCUT2D eigenvalue weighted by Gasteiger charge is -2.26. The van der Waals surface area contributed by atoms with Gasteiger partial charge in [-0.3, -0.25) is 10.1 Å². The van der Waals surface area contributed by atoms with Crippen molar-refractivity contribution in [3.05, 3.63) is 27.9 Å². The van der Waals surface area contributed by atoms with Gasteiger partial charge in [0.25, 0.3) is 0 Å². The third-order valence-corrected chi connectivity index (χ3v) is 4.53. The number of nitro groups is 1. The molecule has 21 heavy (non-hydrogen) atoms. The molecule has 7 nitrogen and oxygen atoms in total. The molecule has 0 atom stereocenters. The van der Waals surface area contributed by atoms with Gasteiger partial charge >= 0.3 is 11.7 Å². The van der Waals surface area contributed by atoms with E-state index in [0.29, 0.717) is 6.54 Å². The maximum atomic E-state index is 11.2. The fourth-order valence-corrected chi connectivity index (χ4v) is 2.88. The molecule has 1 aliphatic rings. The molecule has 0 amide bonds. The Morgan fingerprint density at radius 1 is 1.52 bits per heavy atom. The molecule has 0 spiro atoms. The van der Waals surface area contributed by atoms with Gasteiger partial charge in [-0.25, -0.2) is 9.78 Å². The Labute approximate surface area is 122 Å². The van der Waals surface area contributed by atoms with Gasteiger partial charge in [0.05, 0.1) is 10.5 Å². The summed E-state index contributed by atoms with van der Waals surface area (Å²) in [5, 5.41) is 20.1. The van der Waals surface area contributed by atoms with Gasteiger partial charge in [0.1, 0.15) is 0 Å². The Bertz CT molecular complexity index is 569. The van der Waals surface area contributed by atoms with Crippen LogP contribution in [0.5, 0.6) is 0 Å². The van der Waals surface area contributed by atoms with E-state index in [1.54, 1.807) is 0 Å². The monoisotopic (exact) mass is 293 g/mol. The summed E-state index contributed by atoms with van der Waals surface area (Å²) in [6.45, 7) is 5.69. The third kappa shape index (κ3) is 2.81. The molecule has 1 saturated heterocycles. The van der Waals surface area contributed by atoms with E-state index in [4.69, 9.17) is 5.11 Å². The van der Waals surface area contributed by atoms with Crippen molar-refractivity contribution in [1.82, 2.24) is 4.98 Å². The Morgan fingerprint density at radius 3 is 2.67 bits per heavy atom. The van der Waals surface area contributed by atoms with Gasteiger partial charge in [-0.2, -0.15) is 0 Å². The van der Waals surface area contributed by atoms with Crippen LogP contribution in [0.1, 0.15) is 43.5 Å². The maximum Gasteiger partial charge on any atom is 0.337 e. The highest BCUT2D eigenvalue weighted by Gasteiger charge is 2.37. The molecule has 1 fully saturated rings. The van der Waals surface area contributed by atoms with Crippen LogP contribution >= 0.6 is 0 Å². The first kappa shape index (κ1) is 15.2. The van der Waals surface area contributed by atoms with Crippen molar-refractivity contribution >= 4 is 17.5 Å². The molecular formula is C14H19N3O4. The molecule has 0 aliphatic carbocycles. The first-order chi connectivity index (χ1) is 9.92. The highest BCUT2D eigenvalue weighted by Crippen LogP contribution is 2.40. The lowest BCUT2D eigenvalue weighted by Crippen LogP contribution is -2.27. The van der Waals surface area contributed by atoms with E-state index in [9.17, 15) is 14.9 Å². The van der Waals surface area contributed by atoms with Crippen molar-refractivity contribution in [2.75, 3.05) is 18.0 Å².